The lowest BCUT2D eigenvalue weighted by atomic mass is 10.0. The second-order valence-electron chi connectivity index (χ2n) is 3.61. The lowest BCUT2D eigenvalue weighted by Crippen LogP contribution is -2.12. The molecule has 1 rings (SSSR count). The molecule has 1 aromatic rings. The minimum Gasteiger partial charge on any atom is -0.508 e. The maximum absolute atomic E-state index is 9.10. The van der Waals surface area contributed by atoms with E-state index in [1.54, 1.807) is 12.1 Å². The highest BCUT2D eigenvalue weighted by atomic mass is 16.3. The molecule has 14 heavy (non-hydrogen) atoms. The Bertz CT molecular complexity index is 252. The molecule has 0 aliphatic carbocycles. The van der Waals surface area contributed by atoms with Gasteiger partial charge in [-0.15, -0.1) is 0 Å². The van der Waals surface area contributed by atoms with E-state index in [2.05, 4.69) is 19.2 Å². The third-order valence-corrected chi connectivity index (χ3v) is 2.62. The van der Waals surface area contributed by atoms with E-state index in [1.165, 1.54) is 12.8 Å². The molecule has 0 saturated heterocycles. The van der Waals surface area contributed by atoms with Crippen LogP contribution in [0.5, 0.6) is 5.75 Å². The monoisotopic (exact) mass is 193 g/mol. The van der Waals surface area contributed by atoms with Crippen molar-refractivity contribution in [3.8, 4) is 5.75 Å². The van der Waals surface area contributed by atoms with Crippen molar-refractivity contribution in [1.82, 2.24) is 0 Å². The van der Waals surface area contributed by atoms with Gasteiger partial charge >= 0.3 is 0 Å². The molecule has 2 N–H and O–H groups in total. The predicted octanol–water partition coefficient (Wildman–Crippen LogP) is 3.24. The fourth-order valence-corrected chi connectivity index (χ4v) is 1.42. The average molecular weight is 193 g/mol. The van der Waals surface area contributed by atoms with Crippen LogP contribution in [0, 0.1) is 5.92 Å². The summed E-state index contributed by atoms with van der Waals surface area (Å²) < 4.78 is 0. The van der Waals surface area contributed by atoms with Gasteiger partial charge in [0.2, 0.25) is 0 Å². The second-order valence-corrected chi connectivity index (χ2v) is 3.61. The number of rotatable bonds is 5. The Balaban J connectivity index is 2.41. The van der Waals surface area contributed by atoms with Crippen LogP contribution >= 0.6 is 0 Å². The van der Waals surface area contributed by atoms with Crippen LogP contribution in [-0.2, 0) is 0 Å². The summed E-state index contributed by atoms with van der Waals surface area (Å²) in [5.74, 6) is 1.06. The largest absolute Gasteiger partial charge is 0.508 e. The quantitative estimate of drug-likeness (QED) is 0.704. The number of anilines is 1. The van der Waals surface area contributed by atoms with Gasteiger partial charge in [-0.05, 0) is 30.2 Å². The number of aromatic hydroxyl groups is 1. The van der Waals surface area contributed by atoms with Gasteiger partial charge in [-0.25, -0.2) is 0 Å². The van der Waals surface area contributed by atoms with E-state index in [4.69, 9.17) is 5.11 Å². The fraction of sp³-hybridized carbons (Fsp3) is 0.500. The molecule has 0 aliphatic rings. The van der Waals surface area contributed by atoms with Crippen molar-refractivity contribution in [2.75, 3.05) is 11.9 Å². The van der Waals surface area contributed by atoms with Gasteiger partial charge in [0.05, 0.1) is 0 Å². The van der Waals surface area contributed by atoms with E-state index in [9.17, 15) is 0 Å². The zero-order valence-corrected chi connectivity index (χ0v) is 8.96. The van der Waals surface area contributed by atoms with Crippen LogP contribution in [-0.4, -0.2) is 11.7 Å². The van der Waals surface area contributed by atoms with Crippen molar-refractivity contribution in [3.63, 3.8) is 0 Å². The first-order chi connectivity index (χ1) is 6.76. The summed E-state index contributed by atoms with van der Waals surface area (Å²) in [5, 5.41) is 12.5. The maximum atomic E-state index is 9.10. The highest BCUT2D eigenvalue weighted by Crippen LogP contribution is 2.15. The first kappa shape index (κ1) is 10.9. The third kappa shape index (κ3) is 3.29. The molecule has 0 atom stereocenters. The zero-order chi connectivity index (χ0) is 10.4. The van der Waals surface area contributed by atoms with E-state index < -0.39 is 0 Å². The fourth-order valence-electron chi connectivity index (χ4n) is 1.42. The van der Waals surface area contributed by atoms with Crippen LogP contribution in [0.25, 0.3) is 0 Å². The minimum atomic E-state index is 0.318. The van der Waals surface area contributed by atoms with Crippen molar-refractivity contribution >= 4 is 5.69 Å². The van der Waals surface area contributed by atoms with Crippen molar-refractivity contribution in [3.05, 3.63) is 24.3 Å². The molecular formula is C12H19NO. The highest BCUT2D eigenvalue weighted by molar-refractivity contribution is 5.45. The lowest BCUT2D eigenvalue weighted by Gasteiger charge is -2.14. The summed E-state index contributed by atoms with van der Waals surface area (Å²) in [6.07, 6.45) is 2.42. The summed E-state index contributed by atoms with van der Waals surface area (Å²) in [6.45, 7) is 5.44. The van der Waals surface area contributed by atoms with Crippen molar-refractivity contribution in [1.29, 1.82) is 0 Å². The van der Waals surface area contributed by atoms with E-state index in [0.29, 0.717) is 5.75 Å². The normalized spacial score (nSPS) is 10.5. The van der Waals surface area contributed by atoms with E-state index in [0.717, 1.165) is 18.2 Å². The van der Waals surface area contributed by atoms with Crippen LogP contribution in [0.15, 0.2) is 24.3 Å². The summed E-state index contributed by atoms with van der Waals surface area (Å²) in [6, 6.07) is 7.21. The van der Waals surface area contributed by atoms with Crippen molar-refractivity contribution in [2.24, 2.45) is 5.92 Å². The van der Waals surface area contributed by atoms with Crippen LogP contribution < -0.4 is 5.32 Å². The Labute approximate surface area is 86.0 Å². The molecule has 0 spiro atoms. The summed E-state index contributed by atoms with van der Waals surface area (Å²) in [7, 11) is 0. The van der Waals surface area contributed by atoms with Gasteiger partial charge in [0.15, 0.2) is 0 Å². The standard InChI is InChI=1S/C12H19NO/c1-3-10(4-2)9-13-11-5-7-12(14)8-6-11/h5-8,10,13-14H,3-4,9H2,1-2H3. The zero-order valence-electron chi connectivity index (χ0n) is 8.96. The lowest BCUT2D eigenvalue weighted by molar-refractivity contribution is 0.475. The highest BCUT2D eigenvalue weighted by Gasteiger charge is 2.02. The van der Waals surface area contributed by atoms with Crippen molar-refractivity contribution in [2.45, 2.75) is 26.7 Å². The van der Waals surface area contributed by atoms with Crippen LogP contribution in [0.1, 0.15) is 26.7 Å². The van der Waals surface area contributed by atoms with Crippen LogP contribution in [0.3, 0.4) is 0 Å². The Morgan fingerprint density at radius 1 is 1.14 bits per heavy atom. The summed E-state index contributed by atoms with van der Waals surface area (Å²) in [5.41, 5.74) is 1.08. The topological polar surface area (TPSA) is 32.3 Å². The minimum absolute atomic E-state index is 0.318. The number of hydrogen-bond donors (Lipinski definition) is 2. The Hall–Kier alpha value is -1.18. The number of benzene rings is 1. The van der Waals surface area contributed by atoms with E-state index in [-0.39, 0.29) is 0 Å². The van der Waals surface area contributed by atoms with Gasteiger partial charge < -0.3 is 10.4 Å². The number of phenolic OH excluding ortho intramolecular Hbond substituents is 1. The molecule has 0 bridgehead atoms. The maximum Gasteiger partial charge on any atom is 0.115 e. The molecule has 2 nitrogen and oxygen atoms in total. The molecule has 0 aliphatic heterocycles. The van der Waals surface area contributed by atoms with Gasteiger partial charge in [0.1, 0.15) is 5.75 Å². The SMILES string of the molecule is CCC(CC)CNc1ccc(O)cc1. The van der Waals surface area contributed by atoms with Gasteiger partial charge in [0.25, 0.3) is 0 Å². The molecule has 0 unspecified atom stereocenters. The number of hydrogen-bond acceptors (Lipinski definition) is 2. The second kappa shape index (κ2) is 5.53. The van der Waals surface area contributed by atoms with Gasteiger partial charge in [-0.2, -0.15) is 0 Å². The molecule has 78 valence electrons. The number of phenols is 1. The van der Waals surface area contributed by atoms with Crippen LogP contribution in [0.2, 0.25) is 0 Å². The molecule has 0 amide bonds. The molecule has 2 heteroatoms. The smallest absolute Gasteiger partial charge is 0.115 e. The Kier molecular flexibility index (Phi) is 4.30. The molecule has 0 saturated carbocycles. The molecule has 0 fully saturated rings. The molecule has 0 heterocycles. The Morgan fingerprint density at radius 2 is 1.71 bits per heavy atom. The van der Waals surface area contributed by atoms with E-state index in [1.807, 2.05) is 12.1 Å². The molecule has 0 radical (unpaired) electrons. The third-order valence-electron chi connectivity index (χ3n) is 2.62. The molecule has 1 aromatic carbocycles. The van der Waals surface area contributed by atoms with Crippen molar-refractivity contribution < 1.29 is 5.11 Å². The van der Waals surface area contributed by atoms with Gasteiger partial charge in [-0.3, -0.25) is 0 Å². The van der Waals surface area contributed by atoms with Gasteiger partial charge in [0, 0.05) is 12.2 Å². The van der Waals surface area contributed by atoms with Crippen LogP contribution in [0.4, 0.5) is 5.69 Å². The molecule has 0 aromatic heterocycles. The predicted molar refractivity (Wildman–Crippen MR) is 60.7 cm³/mol. The summed E-state index contributed by atoms with van der Waals surface area (Å²) in [4.78, 5) is 0. The van der Waals surface area contributed by atoms with Gasteiger partial charge in [-0.1, -0.05) is 26.7 Å². The first-order valence-corrected chi connectivity index (χ1v) is 5.29. The summed E-state index contributed by atoms with van der Waals surface area (Å²) >= 11 is 0. The first-order valence-electron chi connectivity index (χ1n) is 5.29. The van der Waals surface area contributed by atoms with E-state index >= 15 is 0 Å². The number of nitrogens with one attached hydrogen (secondary N) is 1. The average Bonchev–Trinajstić information content (AvgIpc) is 2.22. The molecular weight excluding hydrogens is 174 g/mol. The Morgan fingerprint density at radius 3 is 2.21 bits per heavy atom.